The summed E-state index contributed by atoms with van der Waals surface area (Å²) >= 11 is 0. The third kappa shape index (κ3) is 7.52. The van der Waals surface area contributed by atoms with Crippen molar-refractivity contribution in [3.63, 3.8) is 0 Å². The molecule has 0 bridgehead atoms. The van der Waals surface area contributed by atoms with Crippen molar-refractivity contribution in [2.75, 3.05) is 20.2 Å². The molecule has 2 aromatic carbocycles. The average Bonchev–Trinajstić information content (AvgIpc) is 2.65. The van der Waals surface area contributed by atoms with Crippen LogP contribution in [0.4, 0.5) is 0 Å². The van der Waals surface area contributed by atoms with E-state index in [-0.39, 0.29) is 12.5 Å². The molecular weight excluding hydrogens is 340 g/mol. The van der Waals surface area contributed by atoms with Gasteiger partial charge in [-0.25, -0.2) is 4.99 Å². The molecule has 144 valence electrons. The van der Waals surface area contributed by atoms with Gasteiger partial charge in [-0.3, -0.25) is 4.79 Å². The molecule has 0 atom stereocenters. The van der Waals surface area contributed by atoms with Gasteiger partial charge < -0.3 is 14.8 Å². The number of carbonyl (C=O) groups excluding carboxylic acids is 1. The summed E-state index contributed by atoms with van der Waals surface area (Å²) in [7, 11) is 1.65. The number of ether oxygens (including phenoxy) is 2. The number of methoxy groups -OCH3 is 1. The van der Waals surface area contributed by atoms with Gasteiger partial charge in [0.1, 0.15) is 18.9 Å². The fourth-order valence-corrected chi connectivity index (χ4v) is 2.78. The molecule has 0 saturated carbocycles. The van der Waals surface area contributed by atoms with Crippen molar-refractivity contribution in [2.45, 2.75) is 33.3 Å². The first kappa shape index (κ1) is 20.5. The normalized spacial score (nSPS) is 10.8. The van der Waals surface area contributed by atoms with Crippen molar-refractivity contribution in [3.8, 4) is 5.75 Å². The van der Waals surface area contributed by atoms with Crippen LogP contribution in [0.3, 0.4) is 0 Å². The molecule has 27 heavy (non-hydrogen) atoms. The van der Waals surface area contributed by atoms with Gasteiger partial charge in [0.2, 0.25) is 5.91 Å². The number of nitrogens with zero attached hydrogens (tertiary/aromatic N) is 1. The highest BCUT2D eigenvalue weighted by Crippen LogP contribution is 2.18. The zero-order chi connectivity index (χ0) is 19.5. The monoisotopic (exact) mass is 368 g/mol. The molecular formula is C22H28N2O3. The number of benzene rings is 2. The Balaban J connectivity index is 1.59. The molecule has 2 rings (SSSR count). The Bertz CT molecular complexity index is 772. The summed E-state index contributed by atoms with van der Waals surface area (Å²) in [4.78, 5) is 15.8. The Morgan fingerprint density at radius 1 is 1.15 bits per heavy atom. The van der Waals surface area contributed by atoms with Crippen LogP contribution in [0, 0.1) is 13.8 Å². The highest BCUT2D eigenvalue weighted by Gasteiger charge is 2.01. The molecule has 0 radical (unpaired) electrons. The van der Waals surface area contributed by atoms with Gasteiger partial charge in [0.25, 0.3) is 0 Å². The SMILES string of the molecule is COc1ccc(COC=NCC(=O)NCCCc2cccc(C)c2)cc1C. The van der Waals surface area contributed by atoms with Gasteiger partial charge in [-0.1, -0.05) is 35.9 Å². The van der Waals surface area contributed by atoms with Crippen LogP contribution in [-0.2, 0) is 22.6 Å². The number of nitrogens with one attached hydrogen (secondary N) is 1. The Morgan fingerprint density at radius 2 is 2.00 bits per heavy atom. The predicted octanol–water partition coefficient (Wildman–Crippen LogP) is 3.61. The number of aliphatic imine (C=N–C) groups is 1. The summed E-state index contributed by atoms with van der Waals surface area (Å²) in [5.41, 5.74) is 4.64. The first-order valence-electron chi connectivity index (χ1n) is 9.14. The smallest absolute Gasteiger partial charge is 0.241 e. The zero-order valence-corrected chi connectivity index (χ0v) is 16.3. The van der Waals surface area contributed by atoms with Crippen LogP contribution < -0.4 is 10.1 Å². The highest BCUT2D eigenvalue weighted by molar-refractivity contribution is 5.79. The van der Waals surface area contributed by atoms with E-state index in [0.717, 1.165) is 29.7 Å². The fraction of sp³-hybridized carbons (Fsp3) is 0.364. The fourth-order valence-electron chi connectivity index (χ4n) is 2.78. The Morgan fingerprint density at radius 3 is 2.74 bits per heavy atom. The number of aryl methyl sites for hydroxylation is 3. The molecule has 0 fully saturated rings. The lowest BCUT2D eigenvalue weighted by Gasteiger charge is -2.07. The summed E-state index contributed by atoms with van der Waals surface area (Å²) in [5.74, 6) is 0.755. The van der Waals surface area contributed by atoms with E-state index in [2.05, 4.69) is 41.5 Å². The van der Waals surface area contributed by atoms with E-state index in [1.54, 1.807) is 7.11 Å². The van der Waals surface area contributed by atoms with E-state index in [1.165, 1.54) is 17.5 Å². The maximum atomic E-state index is 11.8. The summed E-state index contributed by atoms with van der Waals surface area (Å²) in [6, 6.07) is 14.3. The third-order valence-corrected chi connectivity index (χ3v) is 4.14. The lowest BCUT2D eigenvalue weighted by atomic mass is 10.1. The van der Waals surface area contributed by atoms with Crippen LogP contribution in [0.5, 0.6) is 5.75 Å². The minimum atomic E-state index is -0.0978. The Labute approximate surface area is 161 Å². The molecule has 0 aliphatic heterocycles. The van der Waals surface area contributed by atoms with Crippen molar-refractivity contribution >= 4 is 12.3 Å². The maximum absolute atomic E-state index is 11.8. The molecule has 2 aromatic rings. The number of amides is 1. The van der Waals surface area contributed by atoms with Crippen molar-refractivity contribution in [1.29, 1.82) is 0 Å². The number of rotatable bonds is 10. The topological polar surface area (TPSA) is 59.9 Å². The van der Waals surface area contributed by atoms with Gasteiger partial charge in [-0.05, 0) is 55.5 Å². The van der Waals surface area contributed by atoms with Crippen molar-refractivity contribution in [3.05, 3.63) is 64.7 Å². The lowest BCUT2D eigenvalue weighted by molar-refractivity contribution is -0.119. The summed E-state index contributed by atoms with van der Waals surface area (Å²) in [6.45, 7) is 5.20. The molecule has 5 heteroatoms. The lowest BCUT2D eigenvalue weighted by Crippen LogP contribution is -2.27. The molecule has 0 aliphatic carbocycles. The average molecular weight is 368 g/mol. The number of carbonyl (C=O) groups is 1. The largest absolute Gasteiger partial charge is 0.496 e. The van der Waals surface area contributed by atoms with Crippen molar-refractivity contribution in [1.82, 2.24) is 5.32 Å². The molecule has 0 unspecified atom stereocenters. The minimum absolute atomic E-state index is 0.0755. The van der Waals surface area contributed by atoms with Gasteiger partial charge in [-0.15, -0.1) is 0 Å². The first-order valence-corrected chi connectivity index (χ1v) is 9.14. The number of hydrogen-bond donors (Lipinski definition) is 1. The van der Waals surface area contributed by atoms with Crippen LogP contribution in [0.25, 0.3) is 0 Å². The molecule has 0 spiro atoms. The standard InChI is InChI=1S/C22H28N2O3/c1-17-6-4-7-19(12-17)8-5-11-24-22(25)14-23-16-27-15-20-9-10-21(26-3)18(2)13-20/h4,6-7,9-10,12-13,16H,5,8,11,14-15H2,1-3H3,(H,24,25). The first-order chi connectivity index (χ1) is 13.1. The van der Waals surface area contributed by atoms with E-state index >= 15 is 0 Å². The quantitative estimate of drug-likeness (QED) is 0.396. The second-order valence-corrected chi connectivity index (χ2v) is 6.50. The van der Waals surface area contributed by atoms with Crippen LogP contribution >= 0.6 is 0 Å². The molecule has 0 heterocycles. The van der Waals surface area contributed by atoms with Crippen LogP contribution in [-0.4, -0.2) is 32.5 Å². The second-order valence-electron chi connectivity index (χ2n) is 6.50. The molecule has 5 nitrogen and oxygen atoms in total. The summed E-state index contributed by atoms with van der Waals surface area (Å²) < 4.78 is 10.6. The van der Waals surface area contributed by atoms with Gasteiger partial charge in [-0.2, -0.15) is 0 Å². The minimum Gasteiger partial charge on any atom is -0.496 e. The third-order valence-electron chi connectivity index (χ3n) is 4.14. The van der Waals surface area contributed by atoms with Gasteiger partial charge >= 0.3 is 0 Å². The van der Waals surface area contributed by atoms with Crippen LogP contribution in [0.1, 0.15) is 28.7 Å². The van der Waals surface area contributed by atoms with E-state index in [4.69, 9.17) is 9.47 Å². The summed E-state index contributed by atoms with van der Waals surface area (Å²) in [5, 5.41) is 2.87. The maximum Gasteiger partial charge on any atom is 0.241 e. The van der Waals surface area contributed by atoms with Crippen molar-refractivity contribution < 1.29 is 14.3 Å². The molecule has 0 aliphatic rings. The van der Waals surface area contributed by atoms with E-state index in [1.807, 2.05) is 25.1 Å². The number of hydrogen-bond acceptors (Lipinski definition) is 4. The molecule has 0 aromatic heterocycles. The van der Waals surface area contributed by atoms with Crippen molar-refractivity contribution in [2.24, 2.45) is 4.99 Å². The van der Waals surface area contributed by atoms with Gasteiger partial charge in [0.05, 0.1) is 7.11 Å². The zero-order valence-electron chi connectivity index (χ0n) is 16.3. The van der Waals surface area contributed by atoms with E-state index in [9.17, 15) is 4.79 Å². The van der Waals surface area contributed by atoms with Crippen LogP contribution in [0.15, 0.2) is 47.5 Å². The van der Waals surface area contributed by atoms with Gasteiger partial charge in [0.15, 0.2) is 6.40 Å². The highest BCUT2D eigenvalue weighted by atomic mass is 16.5. The van der Waals surface area contributed by atoms with Crippen LogP contribution in [0.2, 0.25) is 0 Å². The molecule has 1 amide bonds. The van der Waals surface area contributed by atoms with Gasteiger partial charge in [0, 0.05) is 6.54 Å². The Hall–Kier alpha value is -2.82. The predicted molar refractivity (Wildman–Crippen MR) is 108 cm³/mol. The van der Waals surface area contributed by atoms with E-state index in [0.29, 0.717) is 13.2 Å². The second kappa shape index (κ2) is 11.0. The Kier molecular flexibility index (Phi) is 8.36. The molecule has 0 saturated heterocycles. The van der Waals surface area contributed by atoms with E-state index < -0.39 is 0 Å². The molecule has 1 N–H and O–H groups in total. The summed E-state index contributed by atoms with van der Waals surface area (Å²) in [6.07, 6.45) is 3.20.